The van der Waals surface area contributed by atoms with Gasteiger partial charge in [-0.25, -0.2) is 0 Å². The maximum atomic E-state index is 12.8. The number of nitrogens with zero attached hydrogens (tertiary/aromatic N) is 2. The number of aryl methyl sites for hydroxylation is 1. The zero-order valence-corrected chi connectivity index (χ0v) is 16.3. The van der Waals surface area contributed by atoms with Gasteiger partial charge in [-0.3, -0.25) is 9.59 Å². The number of nitrogens with one attached hydrogen (secondary N) is 1. The number of hydrogen-bond donors (Lipinski definition) is 1. The lowest BCUT2D eigenvalue weighted by atomic mass is 10.0. The van der Waals surface area contributed by atoms with Crippen LogP contribution in [-0.4, -0.2) is 29.5 Å². The van der Waals surface area contributed by atoms with Gasteiger partial charge < -0.3 is 14.8 Å². The van der Waals surface area contributed by atoms with Gasteiger partial charge in [0.1, 0.15) is 0 Å². The molecule has 0 spiro atoms. The van der Waals surface area contributed by atoms with E-state index in [1.165, 1.54) is 4.88 Å². The summed E-state index contributed by atoms with van der Waals surface area (Å²) in [5, 5.41) is 3.77. The average molecular weight is 369 g/mol. The van der Waals surface area contributed by atoms with Gasteiger partial charge in [0.05, 0.1) is 17.6 Å². The minimum absolute atomic E-state index is 0.141. The van der Waals surface area contributed by atoms with Gasteiger partial charge in [0.2, 0.25) is 0 Å². The predicted molar refractivity (Wildman–Crippen MR) is 107 cm³/mol. The molecule has 3 rings (SSSR count). The largest absolute Gasteiger partial charge is 0.347 e. The highest BCUT2D eigenvalue weighted by molar-refractivity contribution is 7.11. The first-order valence-corrected chi connectivity index (χ1v) is 9.29. The molecule has 0 aliphatic rings. The van der Waals surface area contributed by atoms with Crippen molar-refractivity contribution in [3.63, 3.8) is 0 Å². The average Bonchev–Trinajstić information content (AvgIpc) is 3.05. The first-order chi connectivity index (χ1) is 12.4. The van der Waals surface area contributed by atoms with Gasteiger partial charge >= 0.3 is 0 Å². The first kappa shape index (κ1) is 18.4. The lowest BCUT2D eigenvalue weighted by molar-refractivity contribution is 0.0952. The van der Waals surface area contributed by atoms with E-state index in [2.05, 4.69) is 16.3 Å². The molecular formula is C20H23N3O2S. The molecule has 0 unspecified atom stereocenters. The number of fused-ring (bicyclic) bond motifs is 1. The molecule has 136 valence electrons. The van der Waals surface area contributed by atoms with Crippen LogP contribution in [0.3, 0.4) is 0 Å². The molecular weight excluding hydrogens is 346 g/mol. The fraction of sp³-hybridized carbons (Fsp3) is 0.300. The van der Waals surface area contributed by atoms with Gasteiger partial charge in [-0.1, -0.05) is 18.2 Å². The fourth-order valence-corrected chi connectivity index (χ4v) is 4.19. The van der Waals surface area contributed by atoms with Gasteiger partial charge in [-0.15, -0.1) is 11.3 Å². The molecule has 0 atom stereocenters. The van der Waals surface area contributed by atoms with Crippen LogP contribution in [-0.2, 0) is 20.1 Å². The van der Waals surface area contributed by atoms with Crippen molar-refractivity contribution in [3.8, 4) is 0 Å². The molecule has 2 heterocycles. The van der Waals surface area contributed by atoms with Crippen LogP contribution in [0.5, 0.6) is 0 Å². The topological polar surface area (TPSA) is 54.3 Å². The monoisotopic (exact) mass is 369 g/mol. The number of carbonyl (C=O) groups excluding carboxylic acids is 1. The molecule has 1 amide bonds. The quantitative estimate of drug-likeness (QED) is 0.752. The van der Waals surface area contributed by atoms with Crippen LogP contribution in [0, 0.1) is 6.92 Å². The summed E-state index contributed by atoms with van der Waals surface area (Å²) in [6, 6.07) is 11.6. The minimum atomic E-state index is -0.209. The van der Waals surface area contributed by atoms with Crippen molar-refractivity contribution in [1.29, 1.82) is 0 Å². The summed E-state index contributed by atoms with van der Waals surface area (Å²) < 4.78 is 1.59. The van der Waals surface area contributed by atoms with Crippen LogP contribution in [0.1, 0.15) is 25.7 Å². The van der Waals surface area contributed by atoms with Gasteiger partial charge in [-0.2, -0.15) is 0 Å². The summed E-state index contributed by atoms with van der Waals surface area (Å²) in [6.45, 7) is 3.06. The molecule has 6 heteroatoms. The van der Waals surface area contributed by atoms with Crippen molar-refractivity contribution < 1.29 is 4.79 Å². The minimum Gasteiger partial charge on any atom is -0.347 e. The number of benzene rings is 1. The number of aromatic nitrogens is 1. The third-order valence-electron chi connectivity index (χ3n) is 4.37. The number of rotatable bonds is 5. The molecule has 0 saturated carbocycles. The van der Waals surface area contributed by atoms with Crippen molar-refractivity contribution in [3.05, 3.63) is 67.6 Å². The van der Waals surface area contributed by atoms with E-state index in [1.807, 2.05) is 44.4 Å². The Labute approximate surface area is 156 Å². The van der Waals surface area contributed by atoms with Crippen molar-refractivity contribution >= 4 is 28.1 Å². The summed E-state index contributed by atoms with van der Waals surface area (Å²) in [6.07, 6.45) is 0. The van der Waals surface area contributed by atoms with E-state index >= 15 is 0 Å². The fourth-order valence-electron chi connectivity index (χ4n) is 3.11. The second-order valence-corrected chi connectivity index (χ2v) is 7.92. The van der Waals surface area contributed by atoms with Crippen molar-refractivity contribution in [2.24, 2.45) is 7.05 Å². The van der Waals surface area contributed by atoms with Crippen molar-refractivity contribution in [2.75, 3.05) is 14.1 Å². The number of amides is 1. The molecule has 3 aromatic rings. The SMILES string of the molecule is Cc1c(C(=O)NCc2ccc(CN(C)C)s2)c2ccccc2n(C)c1=O. The zero-order valence-electron chi connectivity index (χ0n) is 15.5. The van der Waals surface area contributed by atoms with Crippen LogP contribution < -0.4 is 10.9 Å². The third kappa shape index (κ3) is 3.57. The van der Waals surface area contributed by atoms with E-state index < -0.39 is 0 Å². The Morgan fingerprint density at radius 2 is 1.85 bits per heavy atom. The van der Waals surface area contributed by atoms with E-state index in [4.69, 9.17) is 0 Å². The van der Waals surface area contributed by atoms with E-state index in [1.54, 1.807) is 29.9 Å². The summed E-state index contributed by atoms with van der Waals surface area (Å²) in [5.41, 5.74) is 1.56. The van der Waals surface area contributed by atoms with Gasteiger partial charge in [0, 0.05) is 34.3 Å². The Morgan fingerprint density at radius 3 is 2.58 bits per heavy atom. The van der Waals surface area contributed by atoms with Crippen LogP contribution in [0.25, 0.3) is 10.9 Å². The Hall–Kier alpha value is -2.44. The summed E-state index contributed by atoms with van der Waals surface area (Å²) in [7, 11) is 5.80. The highest BCUT2D eigenvalue weighted by Gasteiger charge is 2.18. The van der Waals surface area contributed by atoms with E-state index in [0.717, 1.165) is 22.3 Å². The van der Waals surface area contributed by atoms with Crippen LogP contribution in [0.2, 0.25) is 0 Å². The van der Waals surface area contributed by atoms with E-state index in [0.29, 0.717) is 17.7 Å². The lowest BCUT2D eigenvalue weighted by Crippen LogP contribution is -2.29. The molecule has 1 N–H and O–H groups in total. The number of pyridine rings is 1. The predicted octanol–water partition coefficient (Wildman–Crippen LogP) is 2.90. The Bertz CT molecular complexity index is 1020. The van der Waals surface area contributed by atoms with Gasteiger partial charge in [-0.05, 0) is 39.2 Å². The van der Waals surface area contributed by atoms with E-state index in [-0.39, 0.29) is 11.5 Å². The summed E-state index contributed by atoms with van der Waals surface area (Å²) >= 11 is 1.69. The van der Waals surface area contributed by atoms with Crippen molar-refractivity contribution in [1.82, 2.24) is 14.8 Å². The van der Waals surface area contributed by atoms with E-state index in [9.17, 15) is 9.59 Å². The highest BCUT2D eigenvalue weighted by atomic mass is 32.1. The molecule has 0 aliphatic carbocycles. The highest BCUT2D eigenvalue weighted by Crippen LogP contribution is 2.21. The first-order valence-electron chi connectivity index (χ1n) is 8.47. The molecule has 0 bridgehead atoms. The number of hydrogen-bond acceptors (Lipinski definition) is 4. The molecule has 1 aromatic carbocycles. The smallest absolute Gasteiger partial charge is 0.254 e. The molecule has 0 aliphatic heterocycles. The molecule has 0 saturated heterocycles. The van der Waals surface area contributed by atoms with Crippen LogP contribution in [0.4, 0.5) is 0 Å². The maximum absolute atomic E-state index is 12.8. The van der Waals surface area contributed by atoms with Crippen molar-refractivity contribution in [2.45, 2.75) is 20.0 Å². The molecule has 0 fully saturated rings. The zero-order chi connectivity index (χ0) is 18.8. The summed E-state index contributed by atoms with van der Waals surface area (Å²) in [4.78, 5) is 29.8. The Kier molecular flexibility index (Phi) is 5.25. The number of thiophene rings is 1. The lowest BCUT2D eigenvalue weighted by Gasteiger charge is -2.13. The standard InChI is InChI=1S/C20H23N3O2S/c1-13-18(16-7-5-6-8-17(16)23(4)20(13)25)19(24)21-11-14-9-10-15(26-14)12-22(2)3/h5-10H,11-12H2,1-4H3,(H,21,24). The number of para-hydroxylation sites is 1. The van der Waals surface area contributed by atoms with Gasteiger partial charge in [0.25, 0.3) is 11.5 Å². The molecule has 26 heavy (non-hydrogen) atoms. The molecule has 5 nitrogen and oxygen atoms in total. The third-order valence-corrected chi connectivity index (χ3v) is 5.44. The van der Waals surface area contributed by atoms with Crippen LogP contribution >= 0.6 is 11.3 Å². The maximum Gasteiger partial charge on any atom is 0.254 e. The normalized spacial score (nSPS) is 11.3. The molecule has 0 radical (unpaired) electrons. The van der Waals surface area contributed by atoms with Crippen LogP contribution in [0.15, 0.2) is 41.2 Å². The second kappa shape index (κ2) is 7.43. The summed E-state index contributed by atoms with van der Waals surface area (Å²) in [5.74, 6) is -0.209. The Morgan fingerprint density at radius 1 is 1.15 bits per heavy atom. The number of carbonyl (C=O) groups is 1. The van der Waals surface area contributed by atoms with Gasteiger partial charge in [0.15, 0.2) is 0 Å². The Balaban J connectivity index is 1.87. The second-order valence-electron chi connectivity index (χ2n) is 6.67. The molecule has 2 aromatic heterocycles.